The maximum absolute atomic E-state index is 13.1. The molecule has 3 heterocycles. The van der Waals surface area contributed by atoms with Crippen molar-refractivity contribution in [1.29, 1.82) is 5.26 Å². The second kappa shape index (κ2) is 8.61. The summed E-state index contributed by atoms with van der Waals surface area (Å²) in [5.74, 6) is -0.376. The molecular formula is C25H19ClN6O2. The second-order valence-electron chi connectivity index (χ2n) is 8.12. The lowest BCUT2D eigenvalue weighted by molar-refractivity contribution is -0.122. The number of hydrogen-bond acceptors (Lipinski definition) is 5. The Kier molecular flexibility index (Phi) is 5.48. The molecule has 0 radical (unpaired) electrons. The van der Waals surface area contributed by atoms with Crippen LogP contribution in [0.1, 0.15) is 17.5 Å². The van der Waals surface area contributed by atoms with Gasteiger partial charge in [0.05, 0.1) is 17.6 Å². The first kappa shape index (κ1) is 21.6. The number of halogens is 1. The Labute approximate surface area is 200 Å². The third-order valence-electron chi connectivity index (χ3n) is 5.89. The molecule has 168 valence electrons. The number of carbonyl (C=O) groups is 2. The van der Waals surface area contributed by atoms with Gasteiger partial charge in [-0.25, -0.2) is 4.98 Å². The van der Waals surface area contributed by atoms with Gasteiger partial charge in [-0.05, 0) is 48.9 Å². The largest absolute Gasteiger partial charge is 0.312 e. The summed E-state index contributed by atoms with van der Waals surface area (Å²) in [7, 11) is 0. The van der Waals surface area contributed by atoms with Crippen molar-refractivity contribution in [2.24, 2.45) is 5.92 Å². The van der Waals surface area contributed by atoms with Crippen LogP contribution in [0.15, 0.2) is 60.8 Å². The first-order valence-corrected chi connectivity index (χ1v) is 11.0. The SMILES string of the molecule is Cc1cc(-n2ncc(C#N)c2NC(=O)C2CC(=O)N(c3ccc(Cl)cc3)C2)nc2ccccc12. The van der Waals surface area contributed by atoms with Crippen LogP contribution >= 0.6 is 11.6 Å². The molecule has 0 bridgehead atoms. The van der Waals surface area contributed by atoms with E-state index in [0.29, 0.717) is 16.5 Å². The molecule has 4 aromatic rings. The van der Waals surface area contributed by atoms with Crippen molar-refractivity contribution in [3.63, 3.8) is 0 Å². The normalized spacial score (nSPS) is 15.5. The fourth-order valence-electron chi connectivity index (χ4n) is 4.14. The lowest BCUT2D eigenvalue weighted by Gasteiger charge is -2.17. The van der Waals surface area contributed by atoms with Crippen molar-refractivity contribution in [2.75, 3.05) is 16.8 Å². The van der Waals surface area contributed by atoms with Crippen molar-refractivity contribution in [2.45, 2.75) is 13.3 Å². The van der Waals surface area contributed by atoms with Crippen molar-refractivity contribution in [3.8, 4) is 11.9 Å². The summed E-state index contributed by atoms with van der Waals surface area (Å²) in [4.78, 5) is 31.9. The lowest BCUT2D eigenvalue weighted by Crippen LogP contribution is -2.28. The summed E-state index contributed by atoms with van der Waals surface area (Å²) in [5.41, 5.74) is 2.67. The van der Waals surface area contributed by atoms with Crippen LogP contribution in [0.2, 0.25) is 5.02 Å². The number of anilines is 2. The molecule has 0 aliphatic carbocycles. The number of amides is 2. The van der Waals surface area contributed by atoms with Crippen LogP contribution in [-0.4, -0.2) is 33.1 Å². The Morgan fingerprint density at radius 2 is 1.97 bits per heavy atom. The minimum absolute atomic E-state index is 0.0673. The van der Waals surface area contributed by atoms with E-state index in [4.69, 9.17) is 11.6 Å². The number of aryl methyl sites for hydroxylation is 1. The predicted molar refractivity (Wildman–Crippen MR) is 129 cm³/mol. The fourth-order valence-corrected chi connectivity index (χ4v) is 4.26. The Morgan fingerprint density at radius 1 is 1.21 bits per heavy atom. The lowest BCUT2D eigenvalue weighted by atomic mass is 10.1. The summed E-state index contributed by atoms with van der Waals surface area (Å²) in [6.07, 6.45) is 1.46. The zero-order chi connectivity index (χ0) is 23.8. The molecule has 1 N–H and O–H groups in total. The van der Waals surface area contributed by atoms with Gasteiger partial charge >= 0.3 is 0 Å². The summed E-state index contributed by atoms with van der Waals surface area (Å²) in [6, 6.07) is 18.5. The number of hydrogen-bond donors (Lipinski definition) is 1. The van der Waals surface area contributed by atoms with Crippen molar-refractivity contribution in [3.05, 3.63) is 76.9 Å². The number of pyridine rings is 1. The number of nitrogens with one attached hydrogen (secondary N) is 1. The Morgan fingerprint density at radius 3 is 2.74 bits per heavy atom. The molecule has 1 atom stereocenters. The number of nitriles is 1. The molecule has 2 aromatic carbocycles. The van der Waals surface area contributed by atoms with Crippen LogP contribution in [0.5, 0.6) is 0 Å². The third kappa shape index (κ3) is 3.87. The Balaban J connectivity index is 1.43. The van der Waals surface area contributed by atoms with Crippen LogP contribution in [0.25, 0.3) is 16.7 Å². The number of nitrogens with zero attached hydrogens (tertiary/aromatic N) is 5. The summed E-state index contributed by atoms with van der Waals surface area (Å²) in [5, 5.41) is 18.3. The first-order chi connectivity index (χ1) is 16.4. The van der Waals surface area contributed by atoms with Gasteiger partial charge in [0.1, 0.15) is 11.6 Å². The highest BCUT2D eigenvalue weighted by Gasteiger charge is 2.36. The van der Waals surface area contributed by atoms with E-state index in [1.165, 1.54) is 10.9 Å². The zero-order valence-electron chi connectivity index (χ0n) is 18.2. The van der Waals surface area contributed by atoms with E-state index in [1.54, 1.807) is 29.2 Å². The molecule has 1 saturated heterocycles. The van der Waals surface area contributed by atoms with E-state index in [0.717, 1.165) is 16.5 Å². The van der Waals surface area contributed by atoms with E-state index in [9.17, 15) is 14.9 Å². The molecule has 1 fully saturated rings. The van der Waals surface area contributed by atoms with E-state index >= 15 is 0 Å². The summed E-state index contributed by atoms with van der Waals surface area (Å²) < 4.78 is 1.45. The van der Waals surface area contributed by atoms with Gasteiger partial charge < -0.3 is 10.2 Å². The van der Waals surface area contributed by atoms with Crippen LogP contribution in [0.3, 0.4) is 0 Å². The predicted octanol–water partition coefficient (Wildman–Crippen LogP) is 4.25. The average molecular weight is 471 g/mol. The molecule has 2 aromatic heterocycles. The van der Waals surface area contributed by atoms with Gasteiger partial charge in [0.2, 0.25) is 11.8 Å². The molecule has 0 saturated carbocycles. The van der Waals surface area contributed by atoms with Crippen molar-refractivity contribution >= 4 is 45.8 Å². The molecule has 2 amide bonds. The maximum atomic E-state index is 13.1. The van der Waals surface area contributed by atoms with Crippen LogP contribution in [0.4, 0.5) is 11.5 Å². The van der Waals surface area contributed by atoms with Gasteiger partial charge in [-0.15, -0.1) is 0 Å². The van der Waals surface area contributed by atoms with Gasteiger partial charge in [-0.3, -0.25) is 9.59 Å². The number of para-hydroxylation sites is 1. The highest BCUT2D eigenvalue weighted by Crippen LogP contribution is 2.28. The molecule has 1 unspecified atom stereocenters. The van der Waals surface area contributed by atoms with E-state index in [2.05, 4.69) is 21.5 Å². The average Bonchev–Trinajstić information content (AvgIpc) is 3.43. The number of rotatable bonds is 4. The van der Waals surface area contributed by atoms with Gasteiger partial charge in [0.25, 0.3) is 0 Å². The quantitative estimate of drug-likeness (QED) is 0.480. The summed E-state index contributed by atoms with van der Waals surface area (Å²) in [6.45, 7) is 2.20. The minimum atomic E-state index is -0.579. The first-order valence-electron chi connectivity index (χ1n) is 10.7. The highest BCUT2D eigenvalue weighted by atomic mass is 35.5. The molecule has 34 heavy (non-hydrogen) atoms. The number of fused-ring (bicyclic) bond motifs is 1. The topological polar surface area (TPSA) is 104 Å². The van der Waals surface area contributed by atoms with Gasteiger partial charge in [-0.1, -0.05) is 29.8 Å². The van der Waals surface area contributed by atoms with Gasteiger partial charge in [-0.2, -0.15) is 15.0 Å². The fraction of sp³-hybridized carbons (Fsp3) is 0.160. The van der Waals surface area contributed by atoms with E-state index < -0.39 is 5.92 Å². The van der Waals surface area contributed by atoms with E-state index in [-0.39, 0.29) is 36.2 Å². The standard InChI is InChI=1S/C25H19ClN6O2/c1-15-10-22(29-21-5-3-2-4-20(15)21)32-24(17(12-27)13-28-32)30-25(34)16-11-23(33)31(14-16)19-8-6-18(26)7-9-19/h2-10,13,16H,11,14H2,1H3,(H,30,34). The number of aromatic nitrogens is 3. The van der Waals surface area contributed by atoms with Crippen LogP contribution in [0, 0.1) is 24.2 Å². The molecule has 1 aliphatic heterocycles. The molecule has 5 rings (SSSR count). The molecule has 0 spiro atoms. The molecular weight excluding hydrogens is 452 g/mol. The smallest absolute Gasteiger partial charge is 0.231 e. The second-order valence-corrected chi connectivity index (χ2v) is 8.55. The van der Waals surface area contributed by atoms with Crippen molar-refractivity contribution in [1.82, 2.24) is 14.8 Å². The zero-order valence-corrected chi connectivity index (χ0v) is 19.0. The van der Waals surface area contributed by atoms with Gasteiger partial charge in [0.15, 0.2) is 11.6 Å². The van der Waals surface area contributed by atoms with Crippen LogP contribution < -0.4 is 10.2 Å². The summed E-state index contributed by atoms with van der Waals surface area (Å²) >= 11 is 5.94. The highest BCUT2D eigenvalue weighted by molar-refractivity contribution is 6.30. The maximum Gasteiger partial charge on any atom is 0.231 e. The number of benzene rings is 2. The van der Waals surface area contributed by atoms with E-state index in [1.807, 2.05) is 37.3 Å². The van der Waals surface area contributed by atoms with Crippen molar-refractivity contribution < 1.29 is 9.59 Å². The third-order valence-corrected chi connectivity index (χ3v) is 6.14. The minimum Gasteiger partial charge on any atom is -0.312 e. The molecule has 8 nitrogen and oxygen atoms in total. The Hall–Kier alpha value is -4.22. The Bertz CT molecular complexity index is 1470. The van der Waals surface area contributed by atoms with Gasteiger partial charge in [0, 0.05) is 29.1 Å². The monoisotopic (exact) mass is 470 g/mol. The number of carbonyl (C=O) groups excluding carboxylic acids is 2. The molecule has 9 heteroatoms. The van der Waals surface area contributed by atoms with Crippen LogP contribution in [-0.2, 0) is 9.59 Å². The molecule has 1 aliphatic rings.